The molecular formula is C24H24ClF2NO5. The zero-order chi connectivity index (χ0) is 24.5. The first kappa shape index (κ1) is 24.5. The fourth-order valence-corrected chi connectivity index (χ4v) is 3.79. The van der Waals surface area contributed by atoms with Crippen molar-refractivity contribution >= 4 is 34.4 Å². The minimum atomic E-state index is -2.96. The van der Waals surface area contributed by atoms with Crippen molar-refractivity contribution in [2.75, 3.05) is 7.11 Å². The van der Waals surface area contributed by atoms with Gasteiger partial charge in [-0.25, -0.2) is 0 Å². The molecule has 6 nitrogen and oxygen atoms in total. The van der Waals surface area contributed by atoms with Crippen LogP contribution in [0.2, 0.25) is 5.02 Å². The lowest BCUT2D eigenvalue weighted by Gasteiger charge is -2.19. The smallest absolute Gasteiger partial charge is 0.387 e. The second-order valence-corrected chi connectivity index (χ2v) is 8.78. The van der Waals surface area contributed by atoms with E-state index in [9.17, 15) is 18.4 Å². The molecule has 3 rings (SSSR count). The summed E-state index contributed by atoms with van der Waals surface area (Å²) >= 11 is 6.32. The van der Waals surface area contributed by atoms with Crippen LogP contribution in [0, 0.1) is 6.92 Å². The Labute approximate surface area is 195 Å². The van der Waals surface area contributed by atoms with Crippen molar-refractivity contribution in [3.8, 4) is 11.5 Å². The molecular weight excluding hydrogens is 456 g/mol. The summed E-state index contributed by atoms with van der Waals surface area (Å²) < 4.78 is 41.4. The first-order valence-corrected chi connectivity index (χ1v) is 10.5. The van der Waals surface area contributed by atoms with Gasteiger partial charge in [0, 0.05) is 16.6 Å². The van der Waals surface area contributed by atoms with E-state index in [-0.39, 0.29) is 17.7 Å². The third kappa shape index (κ3) is 5.45. The number of aromatic nitrogens is 1. The van der Waals surface area contributed by atoms with Crippen LogP contribution in [0.3, 0.4) is 0 Å². The van der Waals surface area contributed by atoms with Crippen LogP contribution in [-0.4, -0.2) is 35.8 Å². The highest BCUT2D eigenvalue weighted by Crippen LogP contribution is 2.36. The van der Waals surface area contributed by atoms with Gasteiger partial charge in [-0.3, -0.25) is 14.2 Å². The van der Waals surface area contributed by atoms with Gasteiger partial charge >= 0.3 is 12.6 Å². The molecule has 0 amide bonds. The number of methoxy groups -OCH3 is 1. The molecule has 33 heavy (non-hydrogen) atoms. The third-order valence-corrected chi connectivity index (χ3v) is 5.17. The van der Waals surface area contributed by atoms with Crippen molar-refractivity contribution < 1.29 is 32.6 Å². The van der Waals surface area contributed by atoms with E-state index in [1.54, 1.807) is 39.8 Å². The molecule has 0 bridgehead atoms. The maximum atomic E-state index is 13.4. The predicted octanol–water partition coefficient (Wildman–Crippen LogP) is 5.79. The number of rotatable bonds is 6. The first-order valence-electron chi connectivity index (χ1n) is 10.1. The zero-order valence-corrected chi connectivity index (χ0v) is 19.6. The Bertz CT molecular complexity index is 1200. The van der Waals surface area contributed by atoms with E-state index in [0.717, 1.165) is 0 Å². The van der Waals surface area contributed by atoms with E-state index in [2.05, 4.69) is 4.74 Å². The highest BCUT2D eigenvalue weighted by molar-refractivity contribution is 6.33. The van der Waals surface area contributed by atoms with Crippen molar-refractivity contribution in [2.24, 2.45) is 0 Å². The Kier molecular flexibility index (Phi) is 6.97. The van der Waals surface area contributed by atoms with E-state index in [4.69, 9.17) is 21.1 Å². The van der Waals surface area contributed by atoms with Gasteiger partial charge in [0.15, 0.2) is 0 Å². The van der Waals surface area contributed by atoms with Gasteiger partial charge in [-0.05, 0) is 69.7 Å². The first-order chi connectivity index (χ1) is 15.4. The molecule has 3 aromatic rings. The summed E-state index contributed by atoms with van der Waals surface area (Å²) in [5.41, 5.74) is 1.18. The van der Waals surface area contributed by atoms with E-state index in [1.165, 1.54) is 35.9 Å². The van der Waals surface area contributed by atoms with Gasteiger partial charge in [0.2, 0.25) is 0 Å². The van der Waals surface area contributed by atoms with Crippen LogP contribution in [0.5, 0.6) is 11.5 Å². The SMILES string of the molecule is COc1cc2c(CC(=O)OC(C)(C)C)c(C)n(C(=O)c3ccc(OC(F)F)cc3)c2cc1Cl. The number of fused-ring (bicyclic) bond motifs is 1. The van der Waals surface area contributed by atoms with Crippen LogP contribution in [0.25, 0.3) is 10.9 Å². The summed E-state index contributed by atoms with van der Waals surface area (Å²) in [6, 6.07) is 8.63. The predicted molar refractivity (Wildman–Crippen MR) is 121 cm³/mol. The molecule has 0 unspecified atom stereocenters. The fraction of sp³-hybridized carbons (Fsp3) is 0.333. The van der Waals surface area contributed by atoms with Gasteiger partial charge < -0.3 is 14.2 Å². The van der Waals surface area contributed by atoms with E-state index < -0.39 is 24.1 Å². The number of carbonyl (C=O) groups is 2. The number of ether oxygens (including phenoxy) is 3. The second kappa shape index (κ2) is 9.39. The summed E-state index contributed by atoms with van der Waals surface area (Å²) in [4.78, 5) is 26.0. The number of carbonyl (C=O) groups excluding carboxylic acids is 2. The monoisotopic (exact) mass is 479 g/mol. The summed E-state index contributed by atoms with van der Waals surface area (Å²) in [5, 5.41) is 0.909. The molecule has 1 heterocycles. The molecule has 0 radical (unpaired) electrons. The van der Waals surface area contributed by atoms with Gasteiger partial charge in [0.25, 0.3) is 5.91 Å². The molecule has 0 fully saturated rings. The highest BCUT2D eigenvalue weighted by atomic mass is 35.5. The summed E-state index contributed by atoms with van der Waals surface area (Å²) in [7, 11) is 1.47. The normalized spacial score (nSPS) is 11.7. The number of esters is 1. The Morgan fingerprint density at radius 2 is 1.76 bits per heavy atom. The maximum Gasteiger partial charge on any atom is 0.387 e. The van der Waals surface area contributed by atoms with Crippen molar-refractivity contribution in [3.05, 3.63) is 58.2 Å². The van der Waals surface area contributed by atoms with Crippen LogP contribution in [-0.2, 0) is 16.0 Å². The van der Waals surface area contributed by atoms with Crippen LogP contribution >= 0.6 is 11.6 Å². The van der Waals surface area contributed by atoms with Gasteiger partial charge in [-0.15, -0.1) is 0 Å². The lowest BCUT2D eigenvalue weighted by atomic mass is 10.1. The van der Waals surface area contributed by atoms with Gasteiger partial charge in [-0.1, -0.05) is 11.6 Å². The average Bonchev–Trinajstić information content (AvgIpc) is 2.96. The highest BCUT2D eigenvalue weighted by Gasteiger charge is 2.25. The zero-order valence-electron chi connectivity index (χ0n) is 18.9. The van der Waals surface area contributed by atoms with E-state index in [1.807, 2.05) is 0 Å². The Morgan fingerprint density at radius 3 is 2.30 bits per heavy atom. The molecule has 0 saturated heterocycles. The third-order valence-electron chi connectivity index (χ3n) is 4.88. The van der Waals surface area contributed by atoms with Gasteiger partial charge in [0.05, 0.1) is 24.1 Å². The van der Waals surface area contributed by atoms with E-state index >= 15 is 0 Å². The van der Waals surface area contributed by atoms with Gasteiger partial charge in [0.1, 0.15) is 17.1 Å². The number of benzene rings is 2. The van der Waals surface area contributed by atoms with Crippen LogP contribution in [0.15, 0.2) is 36.4 Å². The maximum absolute atomic E-state index is 13.4. The molecule has 0 aliphatic carbocycles. The summed E-state index contributed by atoms with van der Waals surface area (Å²) in [6.45, 7) is 4.07. The number of alkyl halides is 2. The molecule has 1 aromatic heterocycles. The van der Waals surface area contributed by atoms with Crippen LogP contribution in [0.1, 0.15) is 42.4 Å². The molecule has 0 saturated carbocycles. The van der Waals surface area contributed by atoms with Gasteiger partial charge in [-0.2, -0.15) is 8.78 Å². The number of nitrogens with zero attached hydrogens (tertiary/aromatic N) is 1. The number of hydrogen-bond donors (Lipinski definition) is 0. The standard InChI is InChI=1S/C24H24ClF2NO5/c1-13-16(11-21(29)33-24(2,3)4)17-10-20(31-5)18(25)12-19(17)28(13)22(30)14-6-8-15(9-7-14)32-23(26)27/h6-10,12,23H,11H2,1-5H3. The van der Waals surface area contributed by atoms with Crippen LogP contribution < -0.4 is 9.47 Å². The van der Waals surface area contributed by atoms with Crippen molar-refractivity contribution in [2.45, 2.75) is 46.3 Å². The minimum Gasteiger partial charge on any atom is -0.495 e. The summed E-state index contributed by atoms with van der Waals surface area (Å²) in [6.07, 6.45) is -0.0637. The molecule has 2 aromatic carbocycles. The second-order valence-electron chi connectivity index (χ2n) is 8.37. The Hall–Kier alpha value is -3.13. The lowest BCUT2D eigenvalue weighted by molar-refractivity contribution is -0.153. The molecule has 0 aliphatic heterocycles. The fourth-order valence-electron chi connectivity index (χ4n) is 3.55. The van der Waals surface area contributed by atoms with Crippen molar-refractivity contribution in [1.82, 2.24) is 4.57 Å². The average molecular weight is 480 g/mol. The molecule has 0 atom stereocenters. The van der Waals surface area contributed by atoms with Crippen molar-refractivity contribution in [1.29, 1.82) is 0 Å². The minimum absolute atomic E-state index is 0.0611. The number of hydrogen-bond acceptors (Lipinski definition) is 5. The molecule has 0 spiro atoms. The molecule has 176 valence electrons. The topological polar surface area (TPSA) is 66.8 Å². The van der Waals surface area contributed by atoms with Crippen LogP contribution in [0.4, 0.5) is 8.78 Å². The molecule has 0 N–H and O–H groups in total. The molecule has 0 aliphatic rings. The summed E-state index contributed by atoms with van der Waals surface area (Å²) in [5.74, 6) is -0.529. The molecule has 9 heteroatoms. The van der Waals surface area contributed by atoms with Crippen molar-refractivity contribution in [3.63, 3.8) is 0 Å². The lowest BCUT2D eigenvalue weighted by Crippen LogP contribution is -2.25. The Morgan fingerprint density at radius 1 is 1.12 bits per heavy atom. The quantitative estimate of drug-likeness (QED) is 0.419. The Balaban J connectivity index is 2.11. The number of halogens is 3. The largest absolute Gasteiger partial charge is 0.495 e. The van der Waals surface area contributed by atoms with E-state index in [0.29, 0.717) is 32.9 Å².